The molecule has 3 aromatic rings. The molecule has 0 aliphatic rings. The van der Waals surface area contributed by atoms with Gasteiger partial charge in [0.05, 0.1) is 5.56 Å². The number of aromatic nitrogens is 3. The van der Waals surface area contributed by atoms with Gasteiger partial charge in [-0.15, -0.1) is 5.10 Å². The number of hydrogen-bond donors (Lipinski definition) is 3. The molecule has 3 N–H and O–H groups in total. The van der Waals surface area contributed by atoms with Gasteiger partial charge in [0.2, 0.25) is 0 Å². The second kappa shape index (κ2) is 9.36. The van der Waals surface area contributed by atoms with E-state index in [1.807, 2.05) is 12.1 Å². The van der Waals surface area contributed by atoms with Crippen LogP contribution in [0, 0.1) is 0 Å². The van der Waals surface area contributed by atoms with Gasteiger partial charge in [0.15, 0.2) is 0 Å². The fraction of sp³-hybridized carbons (Fsp3) is 0.0714. The Balaban J connectivity index is 0.000000208. The molecule has 0 saturated heterocycles. The van der Waals surface area contributed by atoms with E-state index in [-0.39, 0.29) is 5.56 Å². The molecule has 23 heavy (non-hydrogen) atoms. The fourth-order valence-electron chi connectivity index (χ4n) is 1.52. The van der Waals surface area contributed by atoms with Crippen LogP contribution in [0.5, 0.6) is 0 Å². The number of aliphatic hydroxyl groups excluding tert-OH is 1. The topological polar surface area (TPSA) is 118 Å². The first kappa shape index (κ1) is 18.4. The summed E-state index contributed by atoms with van der Waals surface area (Å²) < 4.78 is 0. The van der Waals surface area contributed by atoms with E-state index >= 15 is 0 Å². The molecule has 1 aromatic heterocycles. The molecule has 0 aliphatic heterocycles. The third-order valence-corrected chi connectivity index (χ3v) is 2.71. The van der Waals surface area contributed by atoms with Crippen molar-refractivity contribution in [3.63, 3.8) is 0 Å². The Hall–Kier alpha value is -2.68. The maximum absolute atomic E-state index is 10.6. The molecule has 0 fully saturated rings. The number of benzene rings is 2. The number of carbonyl (C=O) groups excluding carboxylic acids is 1. The molecule has 9 heteroatoms. The summed E-state index contributed by atoms with van der Waals surface area (Å²) in [7, 11) is 1.00. The minimum atomic E-state index is -0.813. The van der Waals surface area contributed by atoms with Crippen LogP contribution in [-0.4, -0.2) is 43.8 Å². The van der Waals surface area contributed by atoms with E-state index in [0.29, 0.717) is 16.1 Å². The van der Waals surface area contributed by atoms with Crippen molar-refractivity contribution in [1.82, 2.24) is 15.2 Å². The van der Waals surface area contributed by atoms with Gasteiger partial charge in [0.1, 0.15) is 11.0 Å². The lowest BCUT2D eigenvalue weighted by Gasteiger charge is -1.95. The highest BCUT2D eigenvalue weighted by molar-refractivity contribution is 6.30. The molecule has 0 bridgehead atoms. The van der Waals surface area contributed by atoms with Gasteiger partial charge in [-0.25, -0.2) is 4.79 Å². The summed E-state index contributed by atoms with van der Waals surface area (Å²) >= 11 is 5.56. The standard InChI is InChI=1S/C7H5ClO3.C6H5N3O.CH4O/c8-6-3-1-2-5(4-6)7(9)11-10;10-9-6-4-2-1-3-5(6)7-8-9;1-2/h1-4,10H;1-4,10H;2H,1H3. The molecular formula is C14H14ClN3O5. The minimum Gasteiger partial charge on any atom is -0.410 e. The molecule has 0 saturated carbocycles. The van der Waals surface area contributed by atoms with Gasteiger partial charge in [-0.1, -0.05) is 34.6 Å². The van der Waals surface area contributed by atoms with Crippen molar-refractivity contribution in [2.45, 2.75) is 0 Å². The summed E-state index contributed by atoms with van der Waals surface area (Å²) in [5.41, 5.74) is 1.55. The molecule has 0 aliphatic carbocycles. The smallest absolute Gasteiger partial charge is 0.372 e. The summed E-state index contributed by atoms with van der Waals surface area (Å²) in [6.45, 7) is 0. The summed E-state index contributed by atoms with van der Waals surface area (Å²) in [5.74, 6) is -0.813. The van der Waals surface area contributed by atoms with E-state index in [1.165, 1.54) is 12.1 Å². The van der Waals surface area contributed by atoms with Crippen LogP contribution >= 0.6 is 11.6 Å². The minimum absolute atomic E-state index is 0.222. The van der Waals surface area contributed by atoms with Gasteiger partial charge in [0.25, 0.3) is 0 Å². The van der Waals surface area contributed by atoms with Gasteiger partial charge in [-0.2, -0.15) is 5.26 Å². The third kappa shape index (κ3) is 5.22. The van der Waals surface area contributed by atoms with Crippen molar-refractivity contribution in [2.75, 3.05) is 7.11 Å². The molecule has 3 rings (SSSR count). The van der Waals surface area contributed by atoms with Crippen LogP contribution in [0.15, 0.2) is 48.5 Å². The number of nitrogens with zero attached hydrogens (tertiary/aromatic N) is 3. The number of para-hydroxylation sites is 1. The SMILES string of the molecule is CO.O=C(OO)c1cccc(Cl)c1.On1nnc2ccccc21. The van der Waals surface area contributed by atoms with E-state index in [4.69, 9.17) is 27.2 Å². The van der Waals surface area contributed by atoms with Gasteiger partial charge in [-0.3, -0.25) is 4.89 Å². The zero-order chi connectivity index (χ0) is 17.2. The molecule has 2 aromatic carbocycles. The van der Waals surface area contributed by atoms with Crippen LogP contribution in [0.2, 0.25) is 5.02 Å². The van der Waals surface area contributed by atoms with Gasteiger partial charge in [-0.05, 0) is 35.5 Å². The Morgan fingerprint density at radius 2 is 1.87 bits per heavy atom. The Morgan fingerprint density at radius 1 is 1.17 bits per heavy atom. The lowest BCUT2D eigenvalue weighted by molar-refractivity contribution is -0.182. The molecule has 122 valence electrons. The predicted molar refractivity (Wildman–Crippen MR) is 82.4 cm³/mol. The molecule has 1 heterocycles. The maximum Gasteiger partial charge on any atom is 0.372 e. The lowest BCUT2D eigenvalue weighted by atomic mass is 10.2. The first-order chi connectivity index (χ1) is 11.1. The molecular weight excluding hydrogens is 326 g/mol. The highest BCUT2D eigenvalue weighted by Gasteiger charge is 2.05. The highest BCUT2D eigenvalue weighted by atomic mass is 35.5. The van der Waals surface area contributed by atoms with Gasteiger partial charge >= 0.3 is 5.97 Å². The monoisotopic (exact) mass is 339 g/mol. The van der Waals surface area contributed by atoms with Crippen LogP contribution in [-0.2, 0) is 4.89 Å². The normalized spacial score (nSPS) is 9.22. The van der Waals surface area contributed by atoms with Crippen molar-refractivity contribution in [1.29, 1.82) is 0 Å². The largest absolute Gasteiger partial charge is 0.410 e. The first-order valence-corrected chi connectivity index (χ1v) is 6.55. The summed E-state index contributed by atoms with van der Waals surface area (Å²) in [5, 5.41) is 31.5. The molecule has 0 spiro atoms. The number of carbonyl (C=O) groups is 1. The van der Waals surface area contributed by atoms with Crippen LogP contribution < -0.4 is 0 Å². The van der Waals surface area contributed by atoms with Crippen LogP contribution in [0.1, 0.15) is 10.4 Å². The zero-order valence-electron chi connectivity index (χ0n) is 12.0. The molecule has 0 amide bonds. The Bertz CT molecular complexity index is 763. The molecule has 0 radical (unpaired) electrons. The van der Waals surface area contributed by atoms with E-state index < -0.39 is 5.97 Å². The number of hydrogen-bond acceptors (Lipinski definition) is 7. The van der Waals surface area contributed by atoms with Crippen molar-refractivity contribution < 1.29 is 25.3 Å². The average molecular weight is 340 g/mol. The second-order valence-electron chi connectivity index (χ2n) is 3.86. The third-order valence-electron chi connectivity index (χ3n) is 2.48. The average Bonchev–Trinajstić information content (AvgIpc) is 2.98. The predicted octanol–water partition coefficient (Wildman–Crippen LogP) is 2.25. The summed E-state index contributed by atoms with van der Waals surface area (Å²) in [6, 6.07) is 13.3. The number of rotatable bonds is 1. The summed E-state index contributed by atoms with van der Waals surface area (Å²) in [6.07, 6.45) is 0. The fourth-order valence-corrected chi connectivity index (χ4v) is 1.72. The summed E-state index contributed by atoms with van der Waals surface area (Å²) in [4.78, 5) is 14.9. The van der Waals surface area contributed by atoms with E-state index in [0.717, 1.165) is 12.0 Å². The van der Waals surface area contributed by atoms with Crippen LogP contribution in [0.25, 0.3) is 11.0 Å². The quantitative estimate of drug-likeness (QED) is 0.353. The maximum atomic E-state index is 10.6. The van der Waals surface area contributed by atoms with Crippen molar-refractivity contribution in [3.8, 4) is 0 Å². The van der Waals surface area contributed by atoms with Crippen molar-refractivity contribution >= 4 is 28.6 Å². The van der Waals surface area contributed by atoms with Crippen molar-refractivity contribution in [3.05, 3.63) is 59.1 Å². The number of aliphatic hydroxyl groups is 1. The van der Waals surface area contributed by atoms with E-state index in [1.54, 1.807) is 24.3 Å². The van der Waals surface area contributed by atoms with Crippen LogP contribution in [0.3, 0.4) is 0 Å². The van der Waals surface area contributed by atoms with Crippen LogP contribution in [0.4, 0.5) is 0 Å². The molecule has 0 unspecified atom stereocenters. The Labute approximate surface area is 136 Å². The zero-order valence-corrected chi connectivity index (χ0v) is 12.8. The van der Waals surface area contributed by atoms with Crippen molar-refractivity contribution in [2.24, 2.45) is 0 Å². The van der Waals surface area contributed by atoms with Gasteiger partial charge < -0.3 is 10.3 Å². The lowest BCUT2D eigenvalue weighted by Crippen LogP contribution is -2.00. The number of fused-ring (bicyclic) bond motifs is 1. The molecule has 0 atom stereocenters. The van der Waals surface area contributed by atoms with Gasteiger partial charge in [0, 0.05) is 12.1 Å². The Kier molecular flexibility index (Phi) is 7.48. The molecule has 8 nitrogen and oxygen atoms in total. The van der Waals surface area contributed by atoms with E-state index in [9.17, 15) is 4.79 Å². The first-order valence-electron chi connectivity index (χ1n) is 6.17. The second-order valence-corrected chi connectivity index (χ2v) is 4.29. The highest BCUT2D eigenvalue weighted by Crippen LogP contribution is 2.10. The number of halogens is 1. The Morgan fingerprint density at radius 3 is 2.48 bits per heavy atom. The van der Waals surface area contributed by atoms with E-state index in [2.05, 4.69) is 15.2 Å².